The predicted octanol–water partition coefficient (Wildman–Crippen LogP) is 4.80. The van der Waals surface area contributed by atoms with Gasteiger partial charge < -0.3 is 10.6 Å². The molecule has 0 radical (unpaired) electrons. The molecule has 2 N–H and O–H groups in total. The third kappa shape index (κ3) is 5.72. The topological polar surface area (TPSA) is 112 Å². The zero-order valence-corrected chi connectivity index (χ0v) is 17.6. The molecule has 1 aromatic carbocycles. The van der Waals surface area contributed by atoms with E-state index in [9.17, 15) is 10.1 Å². The molecule has 0 saturated carbocycles. The Morgan fingerprint density at radius 2 is 1.73 bits per heavy atom. The second-order valence-corrected chi connectivity index (χ2v) is 7.54. The summed E-state index contributed by atoms with van der Waals surface area (Å²) in [5.41, 5.74) is 1.43. The van der Waals surface area contributed by atoms with Crippen LogP contribution in [0.3, 0.4) is 0 Å². The lowest BCUT2D eigenvalue weighted by molar-refractivity contribution is -0.114. The molecule has 1 atom stereocenters. The third-order valence-corrected chi connectivity index (χ3v) is 5.23. The van der Waals surface area contributed by atoms with Gasteiger partial charge in [0.25, 0.3) is 5.91 Å². The van der Waals surface area contributed by atoms with Gasteiger partial charge in [0.05, 0.1) is 16.8 Å². The normalized spacial score (nSPS) is 13.8. The van der Waals surface area contributed by atoms with Crippen molar-refractivity contribution < 1.29 is 4.79 Å². The first-order valence-corrected chi connectivity index (χ1v) is 10.4. The molecule has 1 amide bonds. The van der Waals surface area contributed by atoms with Gasteiger partial charge in [0.1, 0.15) is 18.2 Å². The number of hydrogen-bond donors (Lipinski definition) is 2. The minimum absolute atomic E-state index is 0.0160. The molecule has 2 rings (SSSR count). The number of nitriles is 3. The highest BCUT2D eigenvalue weighted by atomic mass is 16.2. The fourth-order valence-electron chi connectivity index (χ4n) is 3.51. The molecule has 154 valence electrons. The standard InChI is InChI=1S/C24H27N5O/c1-3-4-5-7-17(2)8-6-13-28-20-11-9-18(10-12-20)22-21(16-27)23(29-24(22)30)19(14-25)15-26/h9-12,17,28H,3-8,13H2,1-2H3,(H,29,30). The monoisotopic (exact) mass is 401 g/mol. The molecule has 0 aliphatic carbocycles. The Labute approximate surface area is 178 Å². The summed E-state index contributed by atoms with van der Waals surface area (Å²) in [6.45, 7) is 5.41. The maximum atomic E-state index is 12.4. The summed E-state index contributed by atoms with van der Waals surface area (Å²) in [5, 5.41) is 33.4. The lowest BCUT2D eigenvalue weighted by Gasteiger charge is -2.12. The van der Waals surface area contributed by atoms with Crippen LogP contribution >= 0.6 is 0 Å². The Balaban J connectivity index is 2.01. The molecular weight excluding hydrogens is 374 g/mol. The van der Waals surface area contributed by atoms with E-state index in [-0.39, 0.29) is 22.4 Å². The first-order chi connectivity index (χ1) is 14.5. The van der Waals surface area contributed by atoms with Crippen molar-refractivity contribution in [1.29, 1.82) is 15.8 Å². The molecule has 1 aliphatic rings. The molecule has 0 saturated heterocycles. The van der Waals surface area contributed by atoms with Crippen LogP contribution in [0, 0.1) is 39.9 Å². The van der Waals surface area contributed by atoms with Crippen LogP contribution in [-0.2, 0) is 4.79 Å². The van der Waals surface area contributed by atoms with Gasteiger partial charge in [0, 0.05) is 12.2 Å². The molecule has 1 aliphatic heterocycles. The van der Waals surface area contributed by atoms with Crippen molar-refractivity contribution in [2.24, 2.45) is 5.92 Å². The second kappa shape index (κ2) is 11.4. The lowest BCUT2D eigenvalue weighted by atomic mass is 9.98. The molecule has 1 heterocycles. The molecule has 1 unspecified atom stereocenters. The summed E-state index contributed by atoms with van der Waals surface area (Å²) in [6, 6.07) is 12.7. The van der Waals surface area contributed by atoms with Gasteiger partial charge in [-0.2, -0.15) is 15.8 Å². The Hall–Kier alpha value is -3.56. The number of allylic oxidation sites excluding steroid dienone is 2. The van der Waals surface area contributed by atoms with Crippen LogP contribution in [0.4, 0.5) is 5.69 Å². The molecule has 6 nitrogen and oxygen atoms in total. The molecule has 0 fully saturated rings. The average molecular weight is 402 g/mol. The second-order valence-electron chi connectivity index (χ2n) is 7.54. The fourth-order valence-corrected chi connectivity index (χ4v) is 3.51. The van der Waals surface area contributed by atoms with E-state index in [4.69, 9.17) is 10.5 Å². The SMILES string of the molecule is CCCCCC(C)CCCNc1ccc(C2=C(C#N)C(=C(C#N)C#N)NC2=O)cc1. The molecule has 0 aromatic heterocycles. The fraction of sp³-hybridized carbons (Fsp3) is 0.417. The van der Waals surface area contributed by atoms with Gasteiger partial charge >= 0.3 is 0 Å². The van der Waals surface area contributed by atoms with E-state index in [1.807, 2.05) is 18.2 Å². The van der Waals surface area contributed by atoms with E-state index in [2.05, 4.69) is 24.5 Å². The Morgan fingerprint density at radius 3 is 2.33 bits per heavy atom. The largest absolute Gasteiger partial charge is 0.385 e. The number of hydrogen-bond acceptors (Lipinski definition) is 5. The zero-order valence-electron chi connectivity index (χ0n) is 17.6. The molecule has 0 spiro atoms. The number of nitrogens with one attached hydrogen (secondary N) is 2. The van der Waals surface area contributed by atoms with Crippen molar-refractivity contribution in [1.82, 2.24) is 5.32 Å². The number of rotatable bonds is 10. The van der Waals surface area contributed by atoms with Crippen LogP contribution in [0.2, 0.25) is 0 Å². The smallest absolute Gasteiger partial charge is 0.257 e. The number of benzene rings is 1. The minimum Gasteiger partial charge on any atom is -0.385 e. The van der Waals surface area contributed by atoms with Crippen molar-refractivity contribution in [3.8, 4) is 18.2 Å². The van der Waals surface area contributed by atoms with Crippen molar-refractivity contribution in [2.45, 2.75) is 52.4 Å². The van der Waals surface area contributed by atoms with Crippen molar-refractivity contribution in [2.75, 3.05) is 11.9 Å². The highest BCUT2D eigenvalue weighted by Crippen LogP contribution is 2.30. The summed E-state index contributed by atoms with van der Waals surface area (Å²) in [6.07, 6.45) is 7.46. The average Bonchev–Trinajstić information content (AvgIpc) is 3.08. The maximum Gasteiger partial charge on any atom is 0.257 e. The molecule has 0 bridgehead atoms. The van der Waals surface area contributed by atoms with Gasteiger partial charge in [-0.15, -0.1) is 0 Å². The maximum absolute atomic E-state index is 12.4. The van der Waals surface area contributed by atoms with Gasteiger partial charge in [-0.05, 0) is 36.5 Å². The number of carbonyl (C=O) groups excluding carboxylic acids is 1. The van der Waals surface area contributed by atoms with Crippen LogP contribution < -0.4 is 10.6 Å². The van der Waals surface area contributed by atoms with Gasteiger partial charge in [-0.25, -0.2) is 0 Å². The highest BCUT2D eigenvalue weighted by molar-refractivity contribution is 6.26. The highest BCUT2D eigenvalue weighted by Gasteiger charge is 2.31. The summed E-state index contributed by atoms with van der Waals surface area (Å²) in [4.78, 5) is 12.4. The van der Waals surface area contributed by atoms with Crippen LogP contribution in [-0.4, -0.2) is 12.5 Å². The van der Waals surface area contributed by atoms with Gasteiger partial charge in [0.2, 0.25) is 0 Å². The van der Waals surface area contributed by atoms with Crippen LogP contribution in [0.1, 0.15) is 57.9 Å². The van der Waals surface area contributed by atoms with E-state index in [1.165, 1.54) is 32.1 Å². The third-order valence-electron chi connectivity index (χ3n) is 5.23. The van der Waals surface area contributed by atoms with E-state index >= 15 is 0 Å². The first-order valence-electron chi connectivity index (χ1n) is 10.4. The van der Waals surface area contributed by atoms with Crippen LogP contribution in [0.25, 0.3) is 5.57 Å². The van der Waals surface area contributed by atoms with Gasteiger partial charge in [0.15, 0.2) is 5.57 Å². The number of anilines is 1. The molecule has 6 heteroatoms. The minimum atomic E-state index is -0.484. The van der Waals surface area contributed by atoms with Crippen molar-refractivity contribution in [3.63, 3.8) is 0 Å². The van der Waals surface area contributed by atoms with Crippen molar-refractivity contribution >= 4 is 17.2 Å². The quantitative estimate of drug-likeness (QED) is 0.432. The van der Waals surface area contributed by atoms with E-state index in [1.54, 1.807) is 24.3 Å². The molecule has 30 heavy (non-hydrogen) atoms. The molecular formula is C24H27N5O. The summed E-state index contributed by atoms with van der Waals surface area (Å²) < 4.78 is 0. The van der Waals surface area contributed by atoms with E-state index < -0.39 is 5.91 Å². The van der Waals surface area contributed by atoms with Crippen LogP contribution in [0.5, 0.6) is 0 Å². The van der Waals surface area contributed by atoms with Gasteiger partial charge in [-0.3, -0.25) is 4.79 Å². The number of nitrogens with zero attached hydrogens (tertiary/aromatic N) is 3. The Bertz CT molecular complexity index is 935. The number of amides is 1. The van der Waals surface area contributed by atoms with Crippen molar-refractivity contribution in [3.05, 3.63) is 46.7 Å². The van der Waals surface area contributed by atoms with Crippen LogP contribution in [0.15, 0.2) is 41.1 Å². The lowest BCUT2D eigenvalue weighted by Crippen LogP contribution is -2.17. The van der Waals surface area contributed by atoms with E-state index in [0.717, 1.165) is 24.6 Å². The summed E-state index contributed by atoms with van der Waals surface area (Å²) >= 11 is 0. The number of carbonyl (C=O) groups is 1. The zero-order chi connectivity index (χ0) is 21.9. The number of unbranched alkanes of at least 4 members (excludes halogenated alkanes) is 2. The van der Waals surface area contributed by atoms with E-state index in [0.29, 0.717) is 5.56 Å². The Kier molecular flexibility index (Phi) is 8.67. The predicted molar refractivity (Wildman–Crippen MR) is 116 cm³/mol. The Morgan fingerprint density at radius 1 is 1.07 bits per heavy atom. The summed E-state index contributed by atoms with van der Waals surface area (Å²) in [7, 11) is 0. The molecule has 1 aromatic rings. The summed E-state index contributed by atoms with van der Waals surface area (Å²) in [5.74, 6) is 0.259. The van der Waals surface area contributed by atoms with Gasteiger partial charge in [-0.1, -0.05) is 51.7 Å². The first kappa shape index (κ1) is 22.7.